The van der Waals surface area contributed by atoms with Crippen molar-refractivity contribution in [2.45, 2.75) is 51.6 Å². The molecule has 0 aromatic heterocycles. The number of carbonyl (C=O) groups excluding carboxylic acids is 1. The topological polar surface area (TPSA) is 83.6 Å². The lowest BCUT2D eigenvalue weighted by molar-refractivity contribution is -0.140. The highest BCUT2D eigenvalue weighted by Crippen LogP contribution is 2.29. The maximum absolute atomic E-state index is 13.0. The number of carboxylic acid groups (broad SMARTS) is 1. The molecule has 0 saturated carbocycles. The molecule has 0 bridgehead atoms. The Morgan fingerprint density at radius 1 is 1.07 bits per heavy atom. The van der Waals surface area contributed by atoms with E-state index in [1.165, 1.54) is 4.90 Å². The molecule has 5 nitrogen and oxygen atoms in total. The number of para-hydroxylation sites is 1. The van der Waals surface area contributed by atoms with E-state index in [1.54, 1.807) is 6.07 Å². The van der Waals surface area contributed by atoms with Crippen LogP contribution < -0.4 is 10.6 Å². The van der Waals surface area contributed by atoms with Crippen LogP contribution in [-0.4, -0.2) is 23.0 Å². The Balaban J connectivity index is 2.49. The van der Waals surface area contributed by atoms with E-state index in [9.17, 15) is 14.7 Å². The van der Waals surface area contributed by atoms with Gasteiger partial charge in [-0.05, 0) is 30.5 Å². The van der Waals surface area contributed by atoms with Gasteiger partial charge in [0.1, 0.15) is 6.04 Å². The number of carbonyl (C=O) groups is 2. The van der Waals surface area contributed by atoms with Gasteiger partial charge < -0.3 is 10.8 Å². The molecule has 3 N–H and O–H groups in total. The minimum Gasteiger partial charge on any atom is -0.480 e. The molecule has 2 rings (SSSR count). The van der Waals surface area contributed by atoms with Crippen LogP contribution in [0.1, 0.15) is 50.3 Å². The van der Waals surface area contributed by atoms with E-state index in [2.05, 4.69) is 0 Å². The number of carboxylic acids is 1. The summed E-state index contributed by atoms with van der Waals surface area (Å²) in [4.78, 5) is 26.6. The van der Waals surface area contributed by atoms with Crippen molar-refractivity contribution >= 4 is 17.6 Å². The van der Waals surface area contributed by atoms with Gasteiger partial charge in [-0.1, -0.05) is 61.9 Å². The molecule has 1 unspecified atom stereocenters. The fourth-order valence-electron chi connectivity index (χ4n) is 3.14. The molecular weight excluding hydrogens is 340 g/mol. The van der Waals surface area contributed by atoms with Crippen molar-refractivity contribution in [2.75, 3.05) is 4.90 Å². The van der Waals surface area contributed by atoms with Crippen LogP contribution in [0.2, 0.25) is 0 Å². The molecule has 0 heterocycles. The minimum absolute atomic E-state index is 0.187. The van der Waals surface area contributed by atoms with E-state index in [1.807, 2.05) is 62.4 Å². The monoisotopic (exact) mass is 368 g/mol. The highest BCUT2D eigenvalue weighted by molar-refractivity contribution is 6.00. The summed E-state index contributed by atoms with van der Waals surface area (Å²) in [6.45, 7) is 3.84. The molecule has 144 valence electrons. The molecule has 5 heteroatoms. The fraction of sp³-hybridized carbons (Fsp3) is 0.364. The predicted molar refractivity (Wildman–Crippen MR) is 108 cm³/mol. The van der Waals surface area contributed by atoms with E-state index in [-0.39, 0.29) is 18.4 Å². The number of benzene rings is 2. The Morgan fingerprint density at radius 2 is 1.70 bits per heavy atom. The molecule has 27 heavy (non-hydrogen) atoms. The third-order valence-corrected chi connectivity index (χ3v) is 4.57. The van der Waals surface area contributed by atoms with E-state index in [4.69, 9.17) is 5.73 Å². The predicted octanol–water partition coefficient (Wildman–Crippen LogP) is 3.93. The Morgan fingerprint density at radius 3 is 2.30 bits per heavy atom. The second kappa shape index (κ2) is 9.88. The molecule has 0 aliphatic rings. The Hall–Kier alpha value is -2.66. The van der Waals surface area contributed by atoms with Crippen molar-refractivity contribution in [1.82, 2.24) is 0 Å². The third kappa shape index (κ3) is 5.41. The van der Waals surface area contributed by atoms with Crippen LogP contribution in [0.25, 0.3) is 0 Å². The molecule has 2 atom stereocenters. The molecule has 1 amide bonds. The SMILES string of the molecule is CCCCC(=O)N(c1ccccc1C(C)N)[C@@H](Cc1ccccc1)C(=O)O. The zero-order valence-corrected chi connectivity index (χ0v) is 16.0. The summed E-state index contributed by atoms with van der Waals surface area (Å²) in [7, 11) is 0. The van der Waals surface area contributed by atoms with Crippen LogP contribution in [0.3, 0.4) is 0 Å². The smallest absolute Gasteiger partial charge is 0.327 e. The first-order chi connectivity index (χ1) is 13.0. The molecule has 0 spiro atoms. The van der Waals surface area contributed by atoms with Gasteiger partial charge in [-0.2, -0.15) is 0 Å². The van der Waals surface area contributed by atoms with Gasteiger partial charge in [0.25, 0.3) is 0 Å². The molecule has 0 radical (unpaired) electrons. The van der Waals surface area contributed by atoms with Crippen LogP contribution in [0, 0.1) is 0 Å². The Kier molecular flexibility index (Phi) is 7.55. The van der Waals surface area contributed by atoms with Gasteiger partial charge >= 0.3 is 5.97 Å². The standard InChI is InChI=1S/C22H28N2O3/c1-3-4-14-21(25)24(19-13-9-8-12-18(19)16(2)23)20(22(26)27)15-17-10-6-5-7-11-17/h5-13,16,20H,3-4,14-15,23H2,1-2H3,(H,26,27)/t16?,20-/m0/s1. The van der Waals surface area contributed by atoms with Crippen molar-refractivity contribution in [3.63, 3.8) is 0 Å². The first kappa shape index (κ1) is 20.6. The highest BCUT2D eigenvalue weighted by atomic mass is 16.4. The van der Waals surface area contributed by atoms with Gasteiger partial charge in [-0.15, -0.1) is 0 Å². The maximum atomic E-state index is 13.0. The molecular formula is C22H28N2O3. The maximum Gasteiger partial charge on any atom is 0.327 e. The molecule has 0 fully saturated rings. The summed E-state index contributed by atoms with van der Waals surface area (Å²) in [5, 5.41) is 9.94. The largest absolute Gasteiger partial charge is 0.480 e. The summed E-state index contributed by atoms with van der Waals surface area (Å²) in [6, 6.07) is 15.4. The lowest BCUT2D eigenvalue weighted by atomic mass is 9.99. The lowest BCUT2D eigenvalue weighted by Crippen LogP contribution is -2.47. The third-order valence-electron chi connectivity index (χ3n) is 4.57. The molecule has 2 aromatic rings. The van der Waals surface area contributed by atoms with E-state index in [0.29, 0.717) is 18.5 Å². The van der Waals surface area contributed by atoms with Crippen molar-refractivity contribution in [1.29, 1.82) is 0 Å². The summed E-state index contributed by atoms with van der Waals surface area (Å²) in [6.07, 6.45) is 2.13. The number of hydrogen-bond donors (Lipinski definition) is 2. The second-order valence-electron chi connectivity index (χ2n) is 6.76. The number of rotatable bonds is 9. The molecule has 0 aliphatic heterocycles. The second-order valence-corrected chi connectivity index (χ2v) is 6.76. The van der Waals surface area contributed by atoms with Gasteiger partial charge in [-0.25, -0.2) is 4.79 Å². The van der Waals surface area contributed by atoms with Crippen molar-refractivity contribution < 1.29 is 14.7 Å². The highest BCUT2D eigenvalue weighted by Gasteiger charge is 2.32. The van der Waals surface area contributed by atoms with Gasteiger partial charge in [-0.3, -0.25) is 9.69 Å². The molecule has 0 aliphatic carbocycles. The number of nitrogens with two attached hydrogens (primary N) is 1. The Bertz CT molecular complexity index is 759. The van der Waals surface area contributed by atoms with Crippen LogP contribution in [0.15, 0.2) is 54.6 Å². The fourth-order valence-corrected chi connectivity index (χ4v) is 3.14. The quantitative estimate of drug-likeness (QED) is 0.702. The first-order valence-corrected chi connectivity index (χ1v) is 9.39. The van der Waals surface area contributed by atoms with E-state index < -0.39 is 12.0 Å². The number of aliphatic carboxylic acids is 1. The van der Waals surface area contributed by atoms with Crippen molar-refractivity contribution in [3.8, 4) is 0 Å². The summed E-state index contributed by atoms with van der Waals surface area (Å²) in [5.74, 6) is -1.21. The summed E-state index contributed by atoms with van der Waals surface area (Å²) < 4.78 is 0. The van der Waals surface area contributed by atoms with Gasteiger partial charge in [0.05, 0.1) is 0 Å². The minimum atomic E-state index is -1.02. The number of nitrogens with zero attached hydrogens (tertiary/aromatic N) is 1. The first-order valence-electron chi connectivity index (χ1n) is 9.39. The van der Waals surface area contributed by atoms with E-state index >= 15 is 0 Å². The van der Waals surface area contributed by atoms with Crippen LogP contribution >= 0.6 is 0 Å². The van der Waals surface area contributed by atoms with Gasteiger partial charge in [0.2, 0.25) is 5.91 Å². The van der Waals surface area contributed by atoms with Crippen molar-refractivity contribution in [3.05, 3.63) is 65.7 Å². The zero-order valence-electron chi connectivity index (χ0n) is 16.0. The van der Waals surface area contributed by atoms with Crippen LogP contribution in [0.4, 0.5) is 5.69 Å². The number of unbranched alkanes of at least 4 members (excludes halogenated alkanes) is 1. The average molecular weight is 368 g/mol. The molecule has 0 saturated heterocycles. The number of hydrogen-bond acceptors (Lipinski definition) is 3. The van der Waals surface area contributed by atoms with Crippen LogP contribution in [0.5, 0.6) is 0 Å². The number of amides is 1. The lowest BCUT2D eigenvalue weighted by Gasteiger charge is -2.32. The molecule has 2 aromatic carbocycles. The zero-order chi connectivity index (χ0) is 19.8. The summed E-state index contributed by atoms with van der Waals surface area (Å²) >= 11 is 0. The van der Waals surface area contributed by atoms with E-state index in [0.717, 1.165) is 17.5 Å². The van der Waals surface area contributed by atoms with Gasteiger partial charge in [0.15, 0.2) is 0 Å². The Labute approximate surface area is 160 Å². The average Bonchev–Trinajstić information content (AvgIpc) is 2.66. The van der Waals surface area contributed by atoms with Gasteiger partial charge in [0, 0.05) is 24.6 Å². The van der Waals surface area contributed by atoms with Crippen molar-refractivity contribution in [2.24, 2.45) is 5.73 Å². The normalized spacial score (nSPS) is 13.0. The number of anilines is 1. The summed E-state index contributed by atoms with van der Waals surface area (Å²) in [5.41, 5.74) is 8.31. The van der Waals surface area contributed by atoms with Crippen LogP contribution in [-0.2, 0) is 16.0 Å².